The molecule has 0 aliphatic carbocycles. The Labute approximate surface area is 67.4 Å². The van der Waals surface area contributed by atoms with Crippen LogP contribution in [-0.2, 0) is 9.59 Å². The Bertz CT molecular complexity index is 154. The van der Waals surface area contributed by atoms with Gasteiger partial charge in [0.15, 0.2) is 5.78 Å². The molecule has 0 fully saturated rings. The maximum Gasteiger partial charge on any atom is 0.219 e. The van der Waals surface area contributed by atoms with Crippen LogP contribution in [0.3, 0.4) is 0 Å². The summed E-state index contributed by atoms with van der Waals surface area (Å²) in [4.78, 5) is 22.8. The Morgan fingerprint density at radius 1 is 1.45 bits per heavy atom. The van der Waals surface area contributed by atoms with E-state index in [0.29, 0.717) is 6.54 Å². The second kappa shape index (κ2) is 4.88. The summed E-state index contributed by atoms with van der Waals surface area (Å²) >= 11 is 0. The molecule has 11 heavy (non-hydrogen) atoms. The maximum absolute atomic E-state index is 10.8. The average Bonchev–Trinajstić information content (AvgIpc) is 1.86. The molecule has 0 saturated carbocycles. The molecule has 0 atom stereocenters. The molecular weight excluding hydrogens is 142 g/mol. The highest BCUT2D eigenvalue weighted by Crippen LogP contribution is 1.91. The van der Waals surface area contributed by atoms with Crippen molar-refractivity contribution in [2.45, 2.75) is 20.3 Å². The van der Waals surface area contributed by atoms with Crippen LogP contribution in [0.4, 0.5) is 0 Å². The molecule has 3 nitrogen and oxygen atoms in total. The summed E-state index contributed by atoms with van der Waals surface area (Å²) in [6, 6.07) is 0. The molecule has 0 rings (SSSR count). The van der Waals surface area contributed by atoms with Crippen LogP contribution in [-0.4, -0.2) is 29.7 Å². The quantitative estimate of drug-likeness (QED) is 0.599. The fourth-order valence-electron chi connectivity index (χ4n) is 0.831. The van der Waals surface area contributed by atoms with E-state index in [4.69, 9.17) is 0 Å². The number of Topliss-reactive ketones (excluding diaryl/α,β-unsaturated/α-hetero) is 1. The predicted molar refractivity (Wildman–Crippen MR) is 42.9 cm³/mol. The van der Waals surface area contributed by atoms with E-state index < -0.39 is 0 Å². The van der Waals surface area contributed by atoms with Crippen molar-refractivity contribution >= 4 is 11.7 Å². The Kier molecular flexibility index (Phi) is 4.50. The number of hydrogen-bond acceptors (Lipinski definition) is 2. The number of carbonyl (C=O) groups excluding carboxylic acids is 2. The van der Waals surface area contributed by atoms with E-state index in [1.165, 1.54) is 11.8 Å². The zero-order chi connectivity index (χ0) is 8.85. The number of carbonyl (C=O) groups is 2. The largest absolute Gasteiger partial charge is 0.336 e. The molecule has 1 radical (unpaired) electrons. The number of nitrogens with zero attached hydrogens (tertiary/aromatic N) is 1. The van der Waals surface area contributed by atoms with E-state index in [2.05, 4.69) is 6.92 Å². The van der Waals surface area contributed by atoms with Gasteiger partial charge in [0, 0.05) is 20.4 Å². The van der Waals surface area contributed by atoms with Crippen molar-refractivity contribution in [3.8, 4) is 0 Å². The molecule has 0 bridgehead atoms. The Hall–Kier alpha value is -0.860. The topological polar surface area (TPSA) is 37.4 Å². The normalized spacial score (nSPS) is 9.36. The van der Waals surface area contributed by atoms with Gasteiger partial charge in [-0.2, -0.15) is 0 Å². The van der Waals surface area contributed by atoms with Crippen molar-refractivity contribution in [2.24, 2.45) is 0 Å². The predicted octanol–water partition coefficient (Wildman–Crippen LogP) is 0.648. The zero-order valence-corrected chi connectivity index (χ0v) is 7.09. The monoisotopic (exact) mass is 156 g/mol. The third-order valence-corrected chi connectivity index (χ3v) is 1.31. The molecule has 0 aromatic carbocycles. The summed E-state index contributed by atoms with van der Waals surface area (Å²) in [6.07, 6.45) is 0.868. The van der Waals surface area contributed by atoms with Gasteiger partial charge < -0.3 is 4.90 Å². The highest BCUT2D eigenvalue weighted by molar-refractivity contribution is 5.88. The molecule has 0 aromatic heterocycles. The molecule has 0 heterocycles. The third kappa shape index (κ3) is 4.53. The van der Waals surface area contributed by atoms with Crippen molar-refractivity contribution in [1.82, 2.24) is 4.90 Å². The Morgan fingerprint density at radius 3 is 2.27 bits per heavy atom. The fourth-order valence-corrected chi connectivity index (χ4v) is 0.831. The van der Waals surface area contributed by atoms with Crippen molar-refractivity contribution in [3.05, 3.63) is 6.92 Å². The van der Waals surface area contributed by atoms with Gasteiger partial charge in [-0.15, -0.1) is 0 Å². The summed E-state index contributed by atoms with van der Waals surface area (Å²) in [5, 5.41) is 0. The standard InChI is InChI=1S/C8H14NO2/c1-4-5-9(8(3)11)6-7(2)10/h2,4-6H2,1,3H3. The van der Waals surface area contributed by atoms with Gasteiger partial charge in [-0.05, 0) is 6.42 Å². The maximum atomic E-state index is 10.8. The van der Waals surface area contributed by atoms with E-state index in [-0.39, 0.29) is 18.2 Å². The molecule has 0 saturated heterocycles. The van der Waals surface area contributed by atoms with E-state index in [0.717, 1.165) is 6.42 Å². The van der Waals surface area contributed by atoms with Crippen LogP contribution in [0.1, 0.15) is 20.3 Å². The summed E-state index contributed by atoms with van der Waals surface area (Å²) in [5.74, 6) is -0.280. The van der Waals surface area contributed by atoms with Crippen LogP contribution in [0, 0.1) is 6.92 Å². The molecule has 1 amide bonds. The van der Waals surface area contributed by atoms with Crippen molar-refractivity contribution in [2.75, 3.05) is 13.1 Å². The van der Waals surface area contributed by atoms with Gasteiger partial charge in [-0.3, -0.25) is 9.59 Å². The summed E-state index contributed by atoms with van der Waals surface area (Å²) in [5.41, 5.74) is 0. The highest BCUT2D eigenvalue weighted by atomic mass is 16.2. The van der Waals surface area contributed by atoms with E-state index in [1.54, 1.807) is 0 Å². The van der Waals surface area contributed by atoms with E-state index in [1.807, 2.05) is 6.92 Å². The first-order chi connectivity index (χ1) is 5.07. The lowest BCUT2D eigenvalue weighted by Crippen LogP contribution is -2.33. The van der Waals surface area contributed by atoms with Crippen molar-refractivity contribution in [1.29, 1.82) is 0 Å². The van der Waals surface area contributed by atoms with Crippen molar-refractivity contribution in [3.63, 3.8) is 0 Å². The summed E-state index contributed by atoms with van der Waals surface area (Å²) in [7, 11) is 0. The van der Waals surface area contributed by atoms with E-state index in [9.17, 15) is 9.59 Å². The minimum Gasteiger partial charge on any atom is -0.336 e. The molecule has 0 aliphatic heterocycles. The number of ketones is 1. The van der Waals surface area contributed by atoms with Crippen LogP contribution in [0.5, 0.6) is 0 Å². The van der Waals surface area contributed by atoms with Crippen LogP contribution < -0.4 is 0 Å². The van der Waals surface area contributed by atoms with Gasteiger partial charge >= 0.3 is 0 Å². The first-order valence-corrected chi connectivity index (χ1v) is 3.68. The molecule has 0 aromatic rings. The lowest BCUT2D eigenvalue weighted by Gasteiger charge is -2.17. The van der Waals surface area contributed by atoms with Gasteiger partial charge in [-0.1, -0.05) is 6.92 Å². The third-order valence-electron chi connectivity index (χ3n) is 1.31. The molecule has 0 spiro atoms. The van der Waals surface area contributed by atoms with Crippen LogP contribution >= 0.6 is 0 Å². The SMILES string of the molecule is [CH2]C(=O)CN(CCC)C(C)=O. The molecule has 0 aliphatic rings. The Morgan fingerprint density at radius 2 is 2.00 bits per heavy atom. The average molecular weight is 156 g/mol. The van der Waals surface area contributed by atoms with Gasteiger partial charge in [0.1, 0.15) is 0 Å². The first kappa shape index (κ1) is 10.1. The summed E-state index contributed by atoms with van der Waals surface area (Å²) in [6.45, 7) is 7.41. The van der Waals surface area contributed by atoms with Crippen LogP contribution in [0.15, 0.2) is 0 Å². The minimum absolute atomic E-state index is 0.0659. The van der Waals surface area contributed by atoms with Gasteiger partial charge in [-0.25, -0.2) is 0 Å². The number of hydrogen-bond donors (Lipinski definition) is 0. The van der Waals surface area contributed by atoms with Crippen LogP contribution in [0.25, 0.3) is 0 Å². The van der Waals surface area contributed by atoms with Gasteiger partial charge in [0.25, 0.3) is 0 Å². The highest BCUT2D eigenvalue weighted by Gasteiger charge is 2.08. The smallest absolute Gasteiger partial charge is 0.219 e. The molecule has 63 valence electrons. The minimum atomic E-state index is -0.214. The Balaban J connectivity index is 3.89. The van der Waals surface area contributed by atoms with Gasteiger partial charge in [0.2, 0.25) is 5.91 Å². The zero-order valence-electron chi connectivity index (χ0n) is 7.09. The fraction of sp³-hybridized carbons (Fsp3) is 0.625. The number of amides is 1. The molecular formula is C8H14NO2. The van der Waals surface area contributed by atoms with Gasteiger partial charge in [0.05, 0.1) is 6.54 Å². The number of rotatable bonds is 4. The lowest BCUT2D eigenvalue weighted by atomic mass is 10.3. The van der Waals surface area contributed by atoms with Crippen LogP contribution in [0.2, 0.25) is 0 Å². The first-order valence-electron chi connectivity index (χ1n) is 3.68. The molecule has 0 unspecified atom stereocenters. The molecule has 3 heteroatoms. The second-order valence-corrected chi connectivity index (χ2v) is 2.48. The lowest BCUT2D eigenvalue weighted by molar-refractivity contribution is -0.132. The second-order valence-electron chi connectivity index (χ2n) is 2.48. The summed E-state index contributed by atoms with van der Waals surface area (Å²) < 4.78 is 0. The van der Waals surface area contributed by atoms with Crippen molar-refractivity contribution < 1.29 is 9.59 Å². The van der Waals surface area contributed by atoms with E-state index >= 15 is 0 Å². The molecule has 0 N–H and O–H groups in total.